The predicted octanol–water partition coefficient (Wildman–Crippen LogP) is 3.26. The van der Waals surface area contributed by atoms with E-state index in [0.717, 1.165) is 49.5 Å². The van der Waals surface area contributed by atoms with E-state index in [1.54, 1.807) is 0 Å². The van der Waals surface area contributed by atoms with E-state index in [2.05, 4.69) is 32.4 Å². The molecule has 2 saturated carbocycles. The summed E-state index contributed by atoms with van der Waals surface area (Å²) in [6.07, 6.45) is 7.76. The molecule has 0 radical (unpaired) electrons. The highest BCUT2D eigenvalue weighted by Crippen LogP contribution is 2.33. The molecular weight excluding hydrogens is 357 g/mol. The largest absolute Gasteiger partial charge is 0.353 e. The number of piperidine rings is 1. The van der Waals surface area contributed by atoms with Gasteiger partial charge >= 0.3 is 0 Å². The molecule has 3 unspecified atom stereocenters. The molecule has 1 aliphatic heterocycles. The average Bonchev–Trinajstić information content (AvgIpc) is 3.41. The second-order valence-electron chi connectivity index (χ2n) is 8.86. The standard InChI is InChI=1S/C20H30FN7/c1-12-8-13(21)10-15(9-12)25-20-26-17-11-23-19(24-14-2-3-14)27-18(17)28(20)16-4-6-22-7-5-16/h11-16,22H,2-10H2,1H3,(H,25,26)(H,23,24,27). The van der Waals surface area contributed by atoms with Crippen molar-refractivity contribution in [1.29, 1.82) is 0 Å². The third-order valence-electron chi connectivity index (χ3n) is 6.24. The molecule has 1 saturated heterocycles. The number of imidazole rings is 1. The summed E-state index contributed by atoms with van der Waals surface area (Å²) < 4.78 is 16.4. The summed E-state index contributed by atoms with van der Waals surface area (Å²) in [6, 6.07) is 0.975. The van der Waals surface area contributed by atoms with Gasteiger partial charge in [0.05, 0.1) is 6.20 Å². The summed E-state index contributed by atoms with van der Waals surface area (Å²) in [4.78, 5) is 14.1. The van der Waals surface area contributed by atoms with Crippen LogP contribution in [-0.4, -0.2) is 50.9 Å². The fraction of sp³-hybridized carbons (Fsp3) is 0.750. The van der Waals surface area contributed by atoms with Crippen molar-refractivity contribution in [1.82, 2.24) is 24.8 Å². The van der Waals surface area contributed by atoms with Gasteiger partial charge in [0.25, 0.3) is 0 Å². The maximum absolute atomic E-state index is 14.1. The number of hydrogen-bond donors (Lipinski definition) is 3. The van der Waals surface area contributed by atoms with E-state index in [1.807, 2.05) is 6.20 Å². The third-order valence-corrected chi connectivity index (χ3v) is 6.24. The first-order valence-corrected chi connectivity index (χ1v) is 10.8. The van der Waals surface area contributed by atoms with Crippen LogP contribution in [0.2, 0.25) is 0 Å². The highest BCUT2D eigenvalue weighted by atomic mass is 19.1. The molecule has 7 nitrogen and oxygen atoms in total. The average molecular weight is 388 g/mol. The van der Waals surface area contributed by atoms with E-state index >= 15 is 0 Å². The molecule has 5 rings (SSSR count). The van der Waals surface area contributed by atoms with Gasteiger partial charge in [-0.3, -0.25) is 4.57 Å². The second kappa shape index (κ2) is 7.46. The highest BCUT2D eigenvalue weighted by molar-refractivity contribution is 5.75. The smallest absolute Gasteiger partial charge is 0.224 e. The van der Waals surface area contributed by atoms with Gasteiger partial charge in [-0.2, -0.15) is 4.98 Å². The SMILES string of the molecule is CC1CC(F)CC(Nc2nc3cnc(NC4CC4)nc3n2C2CCNCC2)C1. The molecular formula is C20H30FN7. The Morgan fingerprint density at radius 2 is 1.86 bits per heavy atom. The molecule has 0 spiro atoms. The highest BCUT2D eigenvalue weighted by Gasteiger charge is 2.30. The van der Waals surface area contributed by atoms with E-state index in [1.165, 1.54) is 12.8 Å². The number of hydrogen-bond acceptors (Lipinski definition) is 6. The van der Waals surface area contributed by atoms with Crippen molar-refractivity contribution in [3.05, 3.63) is 6.20 Å². The van der Waals surface area contributed by atoms with Crippen LogP contribution in [0.4, 0.5) is 16.3 Å². The van der Waals surface area contributed by atoms with Gasteiger partial charge in [-0.15, -0.1) is 0 Å². The molecule has 2 aromatic heterocycles. The summed E-state index contributed by atoms with van der Waals surface area (Å²) >= 11 is 0. The molecule has 0 amide bonds. The topological polar surface area (TPSA) is 79.7 Å². The van der Waals surface area contributed by atoms with E-state index in [9.17, 15) is 4.39 Å². The Kier molecular flexibility index (Phi) is 4.82. The number of nitrogens with zero attached hydrogens (tertiary/aromatic N) is 4. The van der Waals surface area contributed by atoms with Crippen LogP contribution in [-0.2, 0) is 0 Å². The number of nitrogens with one attached hydrogen (secondary N) is 3. The van der Waals surface area contributed by atoms with Crippen LogP contribution in [0.1, 0.15) is 57.9 Å². The fourth-order valence-corrected chi connectivity index (χ4v) is 4.70. The van der Waals surface area contributed by atoms with Crippen molar-refractivity contribution in [2.24, 2.45) is 5.92 Å². The van der Waals surface area contributed by atoms with Crippen LogP contribution in [0.5, 0.6) is 0 Å². The van der Waals surface area contributed by atoms with Gasteiger partial charge in [0.1, 0.15) is 11.7 Å². The normalized spacial score (nSPS) is 29.1. The van der Waals surface area contributed by atoms with Crippen LogP contribution < -0.4 is 16.0 Å². The Hall–Kier alpha value is -1.96. The molecule has 2 aromatic rings. The first kappa shape index (κ1) is 18.1. The molecule has 3 aliphatic rings. The first-order valence-electron chi connectivity index (χ1n) is 10.8. The second-order valence-corrected chi connectivity index (χ2v) is 8.86. The van der Waals surface area contributed by atoms with Crippen LogP contribution in [0.15, 0.2) is 6.20 Å². The summed E-state index contributed by atoms with van der Waals surface area (Å²) in [6.45, 7) is 4.13. The fourth-order valence-electron chi connectivity index (χ4n) is 4.70. The van der Waals surface area contributed by atoms with Gasteiger partial charge in [-0.1, -0.05) is 6.92 Å². The Morgan fingerprint density at radius 3 is 2.61 bits per heavy atom. The van der Waals surface area contributed by atoms with Crippen molar-refractivity contribution in [2.75, 3.05) is 23.7 Å². The zero-order valence-corrected chi connectivity index (χ0v) is 16.5. The minimum atomic E-state index is -0.730. The summed E-state index contributed by atoms with van der Waals surface area (Å²) in [5.41, 5.74) is 1.69. The Bertz CT molecular complexity index is 817. The summed E-state index contributed by atoms with van der Waals surface area (Å²) in [7, 11) is 0. The van der Waals surface area contributed by atoms with Gasteiger partial charge in [-0.25, -0.2) is 14.4 Å². The molecule has 3 N–H and O–H groups in total. The van der Waals surface area contributed by atoms with Crippen LogP contribution in [0, 0.1) is 5.92 Å². The molecule has 152 valence electrons. The monoisotopic (exact) mass is 387 g/mol. The van der Waals surface area contributed by atoms with Gasteiger partial charge in [0.2, 0.25) is 11.9 Å². The van der Waals surface area contributed by atoms with Gasteiger partial charge in [-0.05, 0) is 64.0 Å². The van der Waals surface area contributed by atoms with Crippen LogP contribution >= 0.6 is 0 Å². The lowest BCUT2D eigenvalue weighted by molar-refractivity contribution is 0.196. The molecule has 2 aliphatic carbocycles. The van der Waals surface area contributed by atoms with Crippen molar-refractivity contribution in [3.8, 4) is 0 Å². The summed E-state index contributed by atoms with van der Waals surface area (Å²) in [5.74, 6) is 1.91. The van der Waals surface area contributed by atoms with E-state index in [-0.39, 0.29) is 6.04 Å². The number of rotatable bonds is 5. The Balaban J connectivity index is 1.48. The van der Waals surface area contributed by atoms with Gasteiger partial charge in [0.15, 0.2) is 5.65 Å². The quantitative estimate of drug-likeness (QED) is 0.731. The van der Waals surface area contributed by atoms with E-state index < -0.39 is 6.17 Å². The minimum absolute atomic E-state index is 0.119. The van der Waals surface area contributed by atoms with E-state index in [4.69, 9.17) is 9.97 Å². The molecule has 3 heterocycles. The molecule has 8 heteroatoms. The molecule has 28 heavy (non-hydrogen) atoms. The zero-order valence-electron chi connectivity index (χ0n) is 16.5. The lowest BCUT2D eigenvalue weighted by Gasteiger charge is -2.32. The van der Waals surface area contributed by atoms with Crippen LogP contribution in [0.25, 0.3) is 11.2 Å². The number of fused-ring (bicyclic) bond motifs is 1. The van der Waals surface area contributed by atoms with Crippen molar-refractivity contribution in [2.45, 2.75) is 76.2 Å². The van der Waals surface area contributed by atoms with Crippen LogP contribution in [0.3, 0.4) is 0 Å². The van der Waals surface area contributed by atoms with Gasteiger partial charge in [0, 0.05) is 18.1 Å². The number of halogens is 1. The third kappa shape index (κ3) is 3.79. The predicted molar refractivity (Wildman–Crippen MR) is 108 cm³/mol. The van der Waals surface area contributed by atoms with Gasteiger partial charge < -0.3 is 16.0 Å². The molecule has 0 aromatic carbocycles. The number of anilines is 2. The van der Waals surface area contributed by atoms with Crippen molar-refractivity contribution < 1.29 is 4.39 Å². The molecule has 3 fully saturated rings. The number of alkyl halides is 1. The Morgan fingerprint density at radius 1 is 1.04 bits per heavy atom. The summed E-state index contributed by atoms with van der Waals surface area (Å²) in [5, 5.41) is 10.4. The van der Waals surface area contributed by atoms with E-state index in [0.29, 0.717) is 36.8 Å². The van der Waals surface area contributed by atoms with Crippen molar-refractivity contribution >= 4 is 23.1 Å². The maximum Gasteiger partial charge on any atom is 0.224 e. The lowest BCUT2D eigenvalue weighted by atomic mass is 9.86. The molecule has 0 bridgehead atoms. The molecule has 3 atom stereocenters. The van der Waals surface area contributed by atoms with Crippen molar-refractivity contribution in [3.63, 3.8) is 0 Å². The maximum atomic E-state index is 14.1. The first-order chi connectivity index (χ1) is 13.7. The minimum Gasteiger partial charge on any atom is -0.353 e. The zero-order chi connectivity index (χ0) is 19.1. The number of aromatic nitrogens is 4. The lowest BCUT2D eigenvalue weighted by Crippen LogP contribution is -2.34. The Labute approximate surface area is 164 Å².